The van der Waals surface area contributed by atoms with Gasteiger partial charge < -0.3 is 5.32 Å². The van der Waals surface area contributed by atoms with E-state index < -0.39 is 0 Å². The minimum Gasteiger partial charge on any atom is -0.363 e. The molecule has 0 bridgehead atoms. The summed E-state index contributed by atoms with van der Waals surface area (Å²) in [5.74, 6) is 0.293. The number of nitrogens with zero attached hydrogens (tertiary/aromatic N) is 3. The maximum absolute atomic E-state index is 13.1. The van der Waals surface area contributed by atoms with Gasteiger partial charge in [-0.3, -0.25) is 5.10 Å². The van der Waals surface area contributed by atoms with Gasteiger partial charge in [-0.1, -0.05) is 17.7 Å². The number of aromatic amines is 1. The summed E-state index contributed by atoms with van der Waals surface area (Å²) in [5.41, 5.74) is 1.45. The molecule has 0 saturated heterocycles. The number of halogens is 2. The maximum atomic E-state index is 13.1. The fourth-order valence-electron chi connectivity index (χ4n) is 2.02. The summed E-state index contributed by atoms with van der Waals surface area (Å²) >= 11 is 6.06. The third-order valence-electron chi connectivity index (χ3n) is 3.03. The molecule has 5 nitrogen and oxygen atoms in total. The number of benzene rings is 1. The zero-order valence-corrected chi connectivity index (χ0v) is 11.3. The highest BCUT2D eigenvalue weighted by atomic mass is 35.5. The van der Waals surface area contributed by atoms with Crippen molar-refractivity contribution in [3.8, 4) is 0 Å². The highest BCUT2D eigenvalue weighted by molar-refractivity contribution is 6.31. The molecule has 1 unspecified atom stereocenters. The van der Waals surface area contributed by atoms with Crippen LogP contribution in [0.3, 0.4) is 0 Å². The molecule has 102 valence electrons. The summed E-state index contributed by atoms with van der Waals surface area (Å²) in [6.45, 7) is 1.92. The number of nitrogens with one attached hydrogen (secondary N) is 2. The normalized spacial score (nSPS) is 12.6. The van der Waals surface area contributed by atoms with Crippen LogP contribution in [0.4, 0.5) is 10.2 Å². The van der Waals surface area contributed by atoms with Gasteiger partial charge in [-0.15, -0.1) is 0 Å². The predicted octanol–water partition coefficient (Wildman–Crippen LogP) is 3.32. The van der Waals surface area contributed by atoms with E-state index in [9.17, 15) is 4.39 Å². The number of rotatable bonds is 3. The lowest BCUT2D eigenvalue weighted by molar-refractivity contribution is 0.626. The summed E-state index contributed by atoms with van der Waals surface area (Å²) in [7, 11) is 0. The van der Waals surface area contributed by atoms with Crippen LogP contribution < -0.4 is 5.32 Å². The van der Waals surface area contributed by atoms with Gasteiger partial charge in [-0.25, -0.2) is 14.4 Å². The minimum atomic E-state index is -0.356. The van der Waals surface area contributed by atoms with E-state index in [0.29, 0.717) is 16.5 Å². The molecule has 1 atom stereocenters. The third-order valence-corrected chi connectivity index (χ3v) is 3.36. The van der Waals surface area contributed by atoms with Crippen LogP contribution in [0.1, 0.15) is 18.5 Å². The van der Waals surface area contributed by atoms with Gasteiger partial charge in [0.15, 0.2) is 5.65 Å². The maximum Gasteiger partial charge on any atom is 0.160 e. The van der Waals surface area contributed by atoms with Crippen LogP contribution in [-0.2, 0) is 0 Å². The van der Waals surface area contributed by atoms with E-state index in [1.54, 1.807) is 12.3 Å². The minimum absolute atomic E-state index is 0.129. The first-order valence-electron chi connectivity index (χ1n) is 6.00. The molecule has 0 amide bonds. The fourth-order valence-corrected chi connectivity index (χ4v) is 2.35. The molecule has 0 aliphatic rings. The van der Waals surface area contributed by atoms with E-state index in [1.807, 2.05) is 6.92 Å². The second kappa shape index (κ2) is 5.05. The van der Waals surface area contributed by atoms with Crippen LogP contribution in [0, 0.1) is 5.82 Å². The van der Waals surface area contributed by atoms with E-state index in [0.717, 1.165) is 10.9 Å². The first-order chi connectivity index (χ1) is 9.65. The molecule has 2 aromatic heterocycles. The van der Waals surface area contributed by atoms with Gasteiger partial charge in [-0.2, -0.15) is 5.10 Å². The Morgan fingerprint density at radius 1 is 1.35 bits per heavy atom. The Morgan fingerprint density at radius 2 is 2.20 bits per heavy atom. The Balaban J connectivity index is 1.92. The van der Waals surface area contributed by atoms with Crippen LogP contribution >= 0.6 is 11.6 Å². The molecule has 0 fully saturated rings. The van der Waals surface area contributed by atoms with Crippen molar-refractivity contribution in [2.45, 2.75) is 13.0 Å². The standard InChI is InChI=1S/C13H11ClFN5/c1-7(9-3-2-8(15)4-11(9)14)19-12-10-5-18-20-13(10)17-6-16-12/h2-7H,1H3,(H2,16,17,18,19,20). The van der Waals surface area contributed by atoms with Crippen molar-refractivity contribution in [3.63, 3.8) is 0 Å². The molecule has 0 saturated carbocycles. The van der Waals surface area contributed by atoms with Crippen molar-refractivity contribution in [1.29, 1.82) is 0 Å². The van der Waals surface area contributed by atoms with Gasteiger partial charge in [0.2, 0.25) is 0 Å². The number of hydrogen-bond donors (Lipinski definition) is 2. The van der Waals surface area contributed by atoms with Gasteiger partial charge in [0.1, 0.15) is 18.0 Å². The van der Waals surface area contributed by atoms with E-state index >= 15 is 0 Å². The van der Waals surface area contributed by atoms with Gasteiger partial charge in [0, 0.05) is 5.02 Å². The molecule has 20 heavy (non-hydrogen) atoms. The van der Waals surface area contributed by atoms with Crippen LogP contribution in [0.5, 0.6) is 0 Å². The molecular weight excluding hydrogens is 281 g/mol. The zero-order valence-electron chi connectivity index (χ0n) is 10.6. The zero-order chi connectivity index (χ0) is 14.1. The van der Waals surface area contributed by atoms with Gasteiger partial charge in [-0.05, 0) is 24.6 Å². The Kier molecular flexibility index (Phi) is 3.23. The summed E-state index contributed by atoms with van der Waals surface area (Å²) < 4.78 is 13.1. The Hall–Kier alpha value is -2.21. The van der Waals surface area contributed by atoms with Gasteiger partial charge in [0.25, 0.3) is 0 Å². The lowest BCUT2D eigenvalue weighted by Gasteiger charge is -2.16. The van der Waals surface area contributed by atoms with Crippen molar-refractivity contribution in [1.82, 2.24) is 20.2 Å². The number of hydrogen-bond acceptors (Lipinski definition) is 4. The highest BCUT2D eigenvalue weighted by Crippen LogP contribution is 2.27. The molecule has 0 spiro atoms. The van der Waals surface area contributed by atoms with Gasteiger partial charge in [0.05, 0.1) is 17.6 Å². The Bertz CT molecular complexity index is 757. The average molecular weight is 292 g/mol. The summed E-state index contributed by atoms with van der Waals surface area (Å²) in [6.07, 6.45) is 3.10. The third kappa shape index (κ3) is 2.30. The van der Waals surface area contributed by atoms with Crippen molar-refractivity contribution in [3.05, 3.63) is 47.1 Å². The molecular formula is C13H11ClFN5. The van der Waals surface area contributed by atoms with E-state index in [-0.39, 0.29) is 11.9 Å². The Labute approximate surface area is 119 Å². The fraction of sp³-hybridized carbons (Fsp3) is 0.154. The van der Waals surface area contributed by atoms with E-state index in [4.69, 9.17) is 11.6 Å². The quantitative estimate of drug-likeness (QED) is 0.777. The highest BCUT2D eigenvalue weighted by Gasteiger charge is 2.13. The van der Waals surface area contributed by atoms with Crippen LogP contribution in [0.2, 0.25) is 5.02 Å². The van der Waals surface area contributed by atoms with Gasteiger partial charge >= 0.3 is 0 Å². The molecule has 3 rings (SSSR count). The monoisotopic (exact) mass is 291 g/mol. The SMILES string of the molecule is CC(Nc1ncnc2[nH]ncc12)c1ccc(F)cc1Cl. The molecule has 7 heteroatoms. The molecule has 0 aliphatic heterocycles. The van der Waals surface area contributed by atoms with Crippen LogP contribution in [0.25, 0.3) is 11.0 Å². The summed E-state index contributed by atoms with van der Waals surface area (Å²) in [6, 6.07) is 4.20. The largest absolute Gasteiger partial charge is 0.363 e. The molecule has 0 aliphatic carbocycles. The number of H-pyrrole nitrogens is 1. The lowest BCUT2D eigenvalue weighted by Crippen LogP contribution is -2.09. The second-order valence-corrected chi connectivity index (χ2v) is 4.79. The van der Waals surface area contributed by atoms with Crippen molar-refractivity contribution < 1.29 is 4.39 Å². The smallest absolute Gasteiger partial charge is 0.160 e. The molecule has 2 heterocycles. The molecule has 0 radical (unpaired) electrons. The first kappa shape index (κ1) is 12.8. The van der Waals surface area contributed by atoms with E-state index in [1.165, 1.54) is 18.5 Å². The topological polar surface area (TPSA) is 66.5 Å². The summed E-state index contributed by atoms with van der Waals surface area (Å²) in [4.78, 5) is 8.26. The van der Waals surface area contributed by atoms with Crippen molar-refractivity contribution in [2.75, 3.05) is 5.32 Å². The summed E-state index contributed by atoms with van der Waals surface area (Å²) in [5, 5.41) is 11.1. The van der Waals surface area contributed by atoms with Crippen molar-refractivity contribution >= 4 is 28.5 Å². The Morgan fingerprint density at radius 3 is 3.00 bits per heavy atom. The molecule has 1 aromatic carbocycles. The predicted molar refractivity (Wildman–Crippen MR) is 75.1 cm³/mol. The number of aromatic nitrogens is 4. The molecule has 2 N–H and O–H groups in total. The lowest BCUT2D eigenvalue weighted by atomic mass is 10.1. The number of anilines is 1. The first-order valence-corrected chi connectivity index (χ1v) is 6.38. The second-order valence-electron chi connectivity index (χ2n) is 4.39. The molecule has 3 aromatic rings. The average Bonchev–Trinajstić information content (AvgIpc) is 2.87. The van der Waals surface area contributed by atoms with E-state index in [2.05, 4.69) is 25.5 Å². The van der Waals surface area contributed by atoms with Crippen LogP contribution in [-0.4, -0.2) is 20.2 Å². The van der Waals surface area contributed by atoms with Crippen LogP contribution in [0.15, 0.2) is 30.7 Å². The van der Waals surface area contributed by atoms with Crippen molar-refractivity contribution in [2.24, 2.45) is 0 Å². The number of fused-ring (bicyclic) bond motifs is 1.